The van der Waals surface area contributed by atoms with Crippen LogP contribution in [0, 0.1) is 0 Å². The molecule has 0 aromatic carbocycles. The minimum absolute atomic E-state index is 0.324. The van der Waals surface area contributed by atoms with Crippen molar-refractivity contribution < 1.29 is 4.52 Å². The first-order valence-corrected chi connectivity index (χ1v) is 4.19. The fourth-order valence-electron chi connectivity index (χ4n) is 1.28. The molecule has 0 amide bonds. The van der Waals surface area contributed by atoms with Gasteiger partial charge in [0.25, 0.3) is 5.71 Å². The fourth-order valence-corrected chi connectivity index (χ4v) is 1.28. The smallest absolute Gasteiger partial charge is 0.258 e. The van der Waals surface area contributed by atoms with Crippen molar-refractivity contribution in [1.82, 2.24) is 10.1 Å². The number of hydrogen-bond donors (Lipinski definition) is 1. The van der Waals surface area contributed by atoms with Crippen LogP contribution < -0.4 is 5.73 Å². The van der Waals surface area contributed by atoms with Crippen LogP contribution in [0.4, 0.5) is 5.69 Å². The Bertz CT molecular complexity index is 433. The molecule has 0 fully saturated rings. The van der Waals surface area contributed by atoms with Crippen LogP contribution in [0.3, 0.4) is 0 Å². The molecule has 68 valence electrons. The van der Waals surface area contributed by atoms with Crippen LogP contribution in [0.5, 0.6) is 0 Å². The first kappa shape index (κ1) is 8.04. The highest BCUT2D eigenvalue weighted by atomic mass is 16.5. The van der Waals surface area contributed by atoms with Crippen LogP contribution in [-0.4, -0.2) is 10.1 Å². The maximum absolute atomic E-state index is 5.62. The Balaban J connectivity index is 2.71. The van der Waals surface area contributed by atoms with Crippen LogP contribution in [0.15, 0.2) is 16.8 Å². The molecule has 0 radical (unpaired) electrons. The van der Waals surface area contributed by atoms with Crippen molar-refractivity contribution in [3.05, 3.63) is 18.0 Å². The molecule has 2 heterocycles. The van der Waals surface area contributed by atoms with E-state index in [1.54, 1.807) is 6.20 Å². The summed E-state index contributed by atoms with van der Waals surface area (Å²) in [7, 11) is 0. The van der Waals surface area contributed by atoms with E-state index in [4.69, 9.17) is 10.3 Å². The lowest BCUT2D eigenvalue weighted by Gasteiger charge is -1.97. The van der Waals surface area contributed by atoms with Crippen LogP contribution >= 0.6 is 0 Å². The van der Waals surface area contributed by atoms with Crippen molar-refractivity contribution >= 4 is 16.8 Å². The van der Waals surface area contributed by atoms with Crippen LogP contribution in [0.1, 0.15) is 25.5 Å². The van der Waals surface area contributed by atoms with Gasteiger partial charge in [0, 0.05) is 0 Å². The predicted molar refractivity (Wildman–Crippen MR) is 50.3 cm³/mol. The summed E-state index contributed by atoms with van der Waals surface area (Å²) in [6.07, 6.45) is 1.57. The number of nitrogens with two attached hydrogens (primary N) is 1. The lowest BCUT2D eigenvalue weighted by molar-refractivity contribution is 0.435. The summed E-state index contributed by atoms with van der Waals surface area (Å²) in [5.41, 5.74) is 7.72. The summed E-state index contributed by atoms with van der Waals surface area (Å²) in [5.74, 6) is 0.324. The Morgan fingerprint density at radius 2 is 2.23 bits per heavy atom. The van der Waals surface area contributed by atoms with E-state index in [9.17, 15) is 0 Å². The normalized spacial score (nSPS) is 11.3. The third kappa shape index (κ3) is 1.24. The number of pyridine rings is 1. The molecule has 0 spiro atoms. The third-order valence-electron chi connectivity index (χ3n) is 1.93. The Hall–Kier alpha value is -1.58. The van der Waals surface area contributed by atoms with Gasteiger partial charge < -0.3 is 10.3 Å². The van der Waals surface area contributed by atoms with Gasteiger partial charge in [-0.3, -0.25) is 0 Å². The molecule has 0 saturated carbocycles. The summed E-state index contributed by atoms with van der Waals surface area (Å²) >= 11 is 0. The highest BCUT2D eigenvalue weighted by Crippen LogP contribution is 2.24. The number of aromatic nitrogens is 2. The van der Waals surface area contributed by atoms with E-state index in [-0.39, 0.29) is 0 Å². The van der Waals surface area contributed by atoms with Gasteiger partial charge in [0.2, 0.25) is 0 Å². The van der Waals surface area contributed by atoms with Gasteiger partial charge in [0.15, 0.2) is 0 Å². The van der Waals surface area contributed by atoms with Gasteiger partial charge in [-0.25, -0.2) is 4.98 Å². The molecule has 0 aliphatic rings. The molecular weight excluding hydrogens is 166 g/mol. The first-order chi connectivity index (χ1) is 6.18. The molecule has 0 unspecified atom stereocenters. The monoisotopic (exact) mass is 177 g/mol. The van der Waals surface area contributed by atoms with Crippen LogP contribution in [0.25, 0.3) is 11.1 Å². The number of nitrogens with zero attached hydrogens (tertiary/aromatic N) is 2. The standard InChI is InChI=1S/C9H11N3O/c1-5(2)8-7-3-6(10)4-11-9(7)13-12-8/h3-5H,10H2,1-2H3. The second-order valence-corrected chi connectivity index (χ2v) is 3.34. The van der Waals surface area contributed by atoms with Crippen molar-refractivity contribution in [2.75, 3.05) is 5.73 Å². The van der Waals surface area contributed by atoms with E-state index in [0.29, 0.717) is 17.3 Å². The number of nitrogen functional groups attached to an aromatic ring is 1. The second-order valence-electron chi connectivity index (χ2n) is 3.34. The van der Waals surface area contributed by atoms with Crippen molar-refractivity contribution in [3.8, 4) is 0 Å². The molecule has 0 bridgehead atoms. The predicted octanol–water partition coefficient (Wildman–Crippen LogP) is 1.93. The fraction of sp³-hybridized carbons (Fsp3) is 0.333. The van der Waals surface area contributed by atoms with Gasteiger partial charge >= 0.3 is 0 Å². The molecule has 2 aromatic heterocycles. The molecule has 0 aliphatic heterocycles. The van der Waals surface area contributed by atoms with Gasteiger partial charge in [0.1, 0.15) is 0 Å². The molecule has 0 aliphatic carbocycles. The van der Waals surface area contributed by atoms with Crippen molar-refractivity contribution in [3.63, 3.8) is 0 Å². The van der Waals surface area contributed by atoms with Crippen LogP contribution in [0.2, 0.25) is 0 Å². The van der Waals surface area contributed by atoms with Gasteiger partial charge in [-0.15, -0.1) is 0 Å². The van der Waals surface area contributed by atoms with E-state index in [0.717, 1.165) is 11.1 Å². The first-order valence-electron chi connectivity index (χ1n) is 4.19. The number of anilines is 1. The molecule has 2 aromatic rings. The van der Waals surface area contributed by atoms with Crippen molar-refractivity contribution in [1.29, 1.82) is 0 Å². The van der Waals surface area contributed by atoms with Gasteiger partial charge in [-0.05, 0) is 12.0 Å². The molecule has 13 heavy (non-hydrogen) atoms. The Kier molecular flexibility index (Phi) is 1.69. The molecular formula is C9H11N3O. The Morgan fingerprint density at radius 1 is 1.46 bits per heavy atom. The van der Waals surface area contributed by atoms with E-state index >= 15 is 0 Å². The highest BCUT2D eigenvalue weighted by Gasteiger charge is 2.11. The summed E-state index contributed by atoms with van der Waals surface area (Å²) in [4.78, 5) is 4.03. The average Bonchev–Trinajstić information content (AvgIpc) is 2.46. The summed E-state index contributed by atoms with van der Waals surface area (Å²) in [5, 5.41) is 4.85. The maximum atomic E-state index is 5.62. The highest BCUT2D eigenvalue weighted by molar-refractivity contribution is 5.79. The van der Waals surface area contributed by atoms with Gasteiger partial charge in [-0.1, -0.05) is 19.0 Å². The quantitative estimate of drug-likeness (QED) is 0.722. The van der Waals surface area contributed by atoms with Crippen LogP contribution in [-0.2, 0) is 0 Å². The number of rotatable bonds is 1. The molecule has 2 N–H and O–H groups in total. The second kappa shape index (κ2) is 2.73. The summed E-state index contributed by atoms with van der Waals surface area (Å²) < 4.78 is 5.05. The minimum Gasteiger partial charge on any atom is -0.397 e. The van der Waals surface area contributed by atoms with Gasteiger partial charge in [0.05, 0.1) is 23.0 Å². The third-order valence-corrected chi connectivity index (χ3v) is 1.93. The molecule has 0 atom stereocenters. The van der Waals surface area contributed by atoms with E-state index in [1.165, 1.54) is 0 Å². The van der Waals surface area contributed by atoms with E-state index < -0.39 is 0 Å². The number of fused-ring (bicyclic) bond motifs is 1. The van der Waals surface area contributed by atoms with E-state index in [2.05, 4.69) is 24.0 Å². The molecule has 4 nitrogen and oxygen atoms in total. The zero-order chi connectivity index (χ0) is 9.42. The maximum Gasteiger partial charge on any atom is 0.258 e. The average molecular weight is 177 g/mol. The zero-order valence-electron chi connectivity index (χ0n) is 7.61. The molecule has 0 saturated heterocycles. The van der Waals surface area contributed by atoms with Crippen molar-refractivity contribution in [2.24, 2.45) is 0 Å². The van der Waals surface area contributed by atoms with Crippen molar-refractivity contribution in [2.45, 2.75) is 19.8 Å². The number of hydrogen-bond acceptors (Lipinski definition) is 4. The minimum atomic E-state index is 0.324. The lowest BCUT2D eigenvalue weighted by Crippen LogP contribution is -1.89. The lowest BCUT2D eigenvalue weighted by atomic mass is 10.1. The molecule has 2 rings (SSSR count). The van der Waals surface area contributed by atoms with E-state index in [1.807, 2.05) is 6.07 Å². The summed E-state index contributed by atoms with van der Waals surface area (Å²) in [6.45, 7) is 4.11. The molecule has 4 heteroatoms. The SMILES string of the molecule is CC(C)c1noc2ncc(N)cc12. The summed E-state index contributed by atoms with van der Waals surface area (Å²) in [6, 6.07) is 1.84. The topological polar surface area (TPSA) is 64.9 Å². The Labute approximate surface area is 75.7 Å². The largest absolute Gasteiger partial charge is 0.397 e. The van der Waals surface area contributed by atoms with Gasteiger partial charge in [-0.2, -0.15) is 0 Å². The zero-order valence-corrected chi connectivity index (χ0v) is 7.61. The Morgan fingerprint density at radius 3 is 2.92 bits per heavy atom.